The van der Waals surface area contributed by atoms with E-state index < -0.39 is 22.8 Å². The highest BCUT2D eigenvalue weighted by Crippen LogP contribution is 2.33. The lowest BCUT2D eigenvalue weighted by Crippen LogP contribution is -2.44. The third-order valence-electron chi connectivity index (χ3n) is 6.04. The quantitative estimate of drug-likeness (QED) is 0.660. The Labute approximate surface area is 172 Å². The first-order valence-electron chi connectivity index (χ1n) is 9.97. The first-order chi connectivity index (χ1) is 14.2. The molecule has 0 atom stereocenters. The number of nitrogens with one attached hydrogen (secondary N) is 1. The first-order valence-corrected chi connectivity index (χ1v) is 9.97. The summed E-state index contributed by atoms with van der Waals surface area (Å²) in [5, 5.41) is 12.8. The summed E-state index contributed by atoms with van der Waals surface area (Å²) in [7, 11) is 3.22. The van der Waals surface area contributed by atoms with Gasteiger partial charge in [-0.2, -0.15) is 4.98 Å². The molecule has 4 rings (SSSR count). The van der Waals surface area contributed by atoms with Crippen molar-refractivity contribution in [2.24, 2.45) is 14.1 Å². The average molecular weight is 411 g/mol. The van der Waals surface area contributed by atoms with Crippen molar-refractivity contribution >= 4 is 23.1 Å². The Balaban J connectivity index is 1.83. The van der Waals surface area contributed by atoms with Gasteiger partial charge in [-0.25, -0.2) is 9.59 Å². The number of aromatic nitrogens is 4. The molecule has 158 valence electrons. The summed E-state index contributed by atoms with van der Waals surface area (Å²) >= 11 is 0. The molecule has 2 heterocycles. The van der Waals surface area contributed by atoms with Crippen LogP contribution in [0.2, 0.25) is 0 Å². The Bertz CT molecular complexity index is 1240. The molecule has 0 bridgehead atoms. The van der Waals surface area contributed by atoms with E-state index in [1.807, 2.05) is 31.2 Å². The van der Waals surface area contributed by atoms with Crippen LogP contribution in [0.5, 0.6) is 0 Å². The van der Waals surface area contributed by atoms with Crippen LogP contribution in [-0.2, 0) is 25.4 Å². The molecule has 0 spiro atoms. The lowest BCUT2D eigenvalue weighted by molar-refractivity contribution is -0.142. The van der Waals surface area contributed by atoms with Gasteiger partial charge in [-0.05, 0) is 25.3 Å². The van der Waals surface area contributed by atoms with Gasteiger partial charge in [0.15, 0.2) is 11.2 Å². The van der Waals surface area contributed by atoms with E-state index in [1.165, 1.54) is 9.13 Å². The second kappa shape index (κ2) is 7.16. The van der Waals surface area contributed by atoms with Gasteiger partial charge in [0, 0.05) is 14.1 Å². The predicted octanol–water partition coefficient (Wildman–Crippen LogP) is 1.60. The fraction of sp³-hybridized carbons (Fsp3) is 0.429. The van der Waals surface area contributed by atoms with Crippen LogP contribution in [0.4, 0.5) is 5.95 Å². The van der Waals surface area contributed by atoms with E-state index >= 15 is 0 Å². The van der Waals surface area contributed by atoms with Crippen LogP contribution in [0.25, 0.3) is 11.2 Å². The molecule has 2 aromatic heterocycles. The van der Waals surface area contributed by atoms with Crippen molar-refractivity contribution in [3.63, 3.8) is 0 Å². The van der Waals surface area contributed by atoms with Gasteiger partial charge in [-0.3, -0.25) is 13.9 Å². The number of hydrogen-bond acceptors (Lipinski definition) is 5. The van der Waals surface area contributed by atoms with Gasteiger partial charge in [0.2, 0.25) is 5.95 Å². The number of carboxylic acid groups (broad SMARTS) is 1. The van der Waals surface area contributed by atoms with Crippen molar-refractivity contribution in [2.45, 2.75) is 44.7 Å². The van der Waals surface area contributed by atoms with E-state index in [4.69, 9.17) is 0 Å². The molecule has 0 unspecified atom stereocenters. The second-order valence-corrected chi connectivity index (χ2v) is 8.10. The highest BCUT2D eigenvalue weighted by molar-refractivity contribution is 5.84. The molecule has 0 saturated heterocycles. The molecule has 1 aliphatic carbocycles. The number of hydrogen-bond donors (Lipinski definition) is 2. The number of carbonyl (C=O) groups is 1. The Kier molecular flexibility index (Phi) is 4.76. The molecule has 0 amide bonds. The van der Waals surface area contributed by atoms with Crippen molar-refractivity contribution in [1.82, 2.24) is 18.7 Å². The maximum absolute atomic E-state index is 13.2. The number of anilines is 1. The lowest BCUT2D eigenvalue weighted by Gasteiger charge is -2.25. The monoisotopic (exact) mass is 411 g/mol. The zero-order valence-corrected chi connectivity index (χ0v) is 17.3. The number of benzene rings is 1. The molecule has 0 aliphatic heterocycles. The van der Waals surface area contributed by atoms with Crippen LogP contribution >= 0.6 is 0 Å². The van der Waals surface area contributed by atoms with E-state index in [0.717, 1.165) is 24.0 Å². The number of aliphatic carboxylic acids is 1. The third-order valence-corrected chi connectivity index (χ3v) is 6.04. The summed E-state index contributed by atoms with van der Waals surface area (Å²) in [6, 6.07) is 7.64. The van der Waals surface area contributed by atoms with Gasteiger partial charge in [0.1, 0.15) is 5.54 Å². The van der Waals surface area contributed by atoms with Crippen molar-refractivity contribution in [3.8, 4) is 0 Å². The van der Waals surface area contributed by atoms with Crippen molar-refractivity contribution < 1.29 is 9.90 Å². The normalized spacial score (nSPS) is 15.6. The summed E-state index contributed by atoms with van der Waals surface area (Å²) in [5.41, 5.74) is 0.402. The van der Waals surface area contributed by atoms with Crippen LogP contribution in [0.15, 0.2) is 33.9 Å². The molecule has 1 aliphatic rings. The van der Waals surface area contributed by atoms with Crippen LogP contribution in [0, 0.1) is 6.92 Å². The fourth-order valence-corrected chi connectivity index (χ4v) is 4.16. The molecule has 1 saturated carbocycles. The summed E-state index contributed by atoms with van der Waals surface area (Å²) in [6.07, 6.45) is 2.60. The van der Waals surface area contributed by atoms with Gasteiger partial charge < -0.3 is 15.0 Å². The number of imidazole rings is 1. The molecule has 1 aromatic carbocycles. The van der Waals surface area contributed by atoms with Crippen LogP contribution in [0.3, 0.4) is 0 Å². The Morgan fingerprint density at radius 3 is 2.37 bits per heavy atom. The summed E-state index contributed by atoms with van der Waals surface area (Å²) < 4.78 is 4.06. The highest BCUT2D eigenvalue weighted by Gasteiger charge is 2.42. The molecule has 1 fully saturated rings. The summed E-state index contributed by atoms with van der Waals surface area (Å²) in [5.74, 6) is -0.660. The molecule has 0 radical (unpaired) electrons. The zero-order valence-electron chi connectivity index (χ0n) is 17.3. The van der Waals surface area contributed by atoms with E-state index in [9.17, 15) is 19.5 Å². The Hall–Kier alpha value is -3.36. The Morgan fingerprint density at radius 2 is 1.77 bits per heavy atom. The Morgan fingerprint density at radius 1 is 1.13 bits per heavy atom. The number of nitrogens with zero attached hydrogens (tertiary/aromatic N) is 4. The lowest BCUT2D eigenvalue weighted by atomic mass is 9.98. The minimum Gasteiger partial charge on any atom is -0.480 e. The molecule has 9 heteroatoms. The molecule has 3 aromatic rings. The zero-order chi connectivity index (χ0) is 21.6. The van der Waals surface area contributed by atoms with Gasteiger partial charge in [0.25, 0.3) is 5.56 Å². The van der Waals surface area contributed by atoms with Gasteiger partial charge in [0.05, 0.1) is 6.54 Å². The number of fused-ring (bicyclic) bond motifs is 1. The summed E-state index contributed by atoms with van der Waals surface area (Å²) in [4.78, 5) is 42.4. The van der Waals surface area contributed by atoms with Crippen molar-refractivity contribution in [2.75, 3.05) is 5.32 Å². The van der Waals surface area contributed by atoms with Crippen LogP contribution in [0.1, 0.15) is 36.8 Å². The molecule has 30 heavy (non-hydrogen) atoms. The van der Waals surface area contributed by atoms with Crippen LogP contribution in [-0.4, -0.2) is 35.3 Å². The number of carboxylic acids is 1. The molecular formula is C21H25N5O4. The van der Waals surface area contributed by atoms with Gasteiger partial charge >= 0.3 is 11.7 Å². The largest absolute Gasteiger partial charge is 0.480 e. The fourth-order valence-electron chi connectivity index (χ4n) is 4.16. The van der Waals surface area contributed by atoms with E-state index in [-0.39, 0.29) is 23.7 Å². The van der Waals surface area contributed by atoms with Gasteiger partial charge in [-0.15, -0.1) is 0 Å². The van der Waals surface area contributed by atoms with Crippen molar-refractivity contribution in [1.29, 1.82) is 0 Å². The minimum absolute atomic E-state index is 0.148. The van der Waals surface area contributed by atoms with E-state index in [0.29, 0.717) is 12.8 Å². The second-order valence-electron chi connectivity index (χ2n) is 8.10. The molecule has 2 N–H and O–H groups in total. The third kappa shape index (κ3) is 3.10. The highest BCUT2D eigenvalue weighted by atomic mass is 16.4. The maximum Gasteiger partial charge on any atom is 0.332 e. The summed E-state index contributed by atoms with van der Waals surface area (Å²) in [6.45, 7) is 2.12. The van der Waals surface area contributed by atoms with Crippen molar-refractivity contribution in [3.05, 3.63) is 56.2 Å². The van der Waals surface area contributed by atoms with E-state index in [2.05, 4.69) is 10.3 Å². The number of aryl methyl sites for hydroxylation is 3. The maximum atomic E-state index is 13.2. The molecule has 9 nitrogen and oxygen atoms in total. The number of rotatable bonds is 5. The SMILES string of the molecule is Cc1ccc(Cn2c(=O)c3c(nc(NC4(C(=O)O)CCCC4)n3C)n(C)c2=O)cc1. The molecular weight excluding hydrogens is 386 g/mol. The predicted molar refractivity (Wildman–Crippen MR) is 113 cm³/mol. The van der Waals surface area contributed by atoms with Crippen LogP contribution < -0.4 is 16.6 Å². The van der Waals surface area contributed by atoms with E-state index in [1.54, 1.807) is 18.7 Å². The first kappa shape index (κ1) is 19.9. The smallest absolute Gasteiger partial charge is 0.332 e. The standard InChI is InChI=1S/C21H25N5O4/c1-13-6-8-14(9-7-13)12-26-17(27)15-16(25(3)20(26)30)22-19(24(15)2)23-21(18(28)29)10-4-5-11-21/h6-9H,4-5,10-12H2,1-3H3,(H,22,23)(H,28,29). The topological polar surface area (TPSA) is 111 Å². The minimum atomic E-state index is -1.10. The average Bonchev–Trinajstić information content (AvgIpc) is 3.31. The van der Waals surface area contributed by atoms with Gasteiger partial charge in [-0.1, -0.05) is 42.7 Å².